The lowest BCUT2D eigenvalue weighted by Gasteiger charge is -2.07. The third-order valence-corrected chi connectivity index (χ3v) is 12.6. The minimum absolute atomic E-state index is 0.143. The fourth-order valence-electron chi connectivity index (χ4n) is 4.39. The van der Waals surface area contributed by atoms with Crippen molar-refractivity contribution in [2.45, 2.75) is 23.6 Å². The summed E-state index contributed by atoms with van der Waals surface area (Å²) in [4.78, 5) is 29.8. The number of aromatic nitrogens is 9. The van der Waals surface area contributed by atoms with Gasteiger partial charge in [0, 0.05) is 36.4 Å². The molecule has 0 aliphatic heterocycles. The molecule has 0 bridgehead atoms. The highest BCUT2D eigenvalue weighted by molar-refractivity contribution is 14.1. The summed E-state index contributed by atoms with van der Waals surface area (Å²) in [5.41, 5.74) is 3.84. The van der Waals surface area contributed by atoms with Crippen LogP contribution in [0, 0.1) is 21.0 Å². The molecule has 0 saturated carbocycles. The van der Waals surface area contributed by atoms with Gasteiger partial charge in [0.05, 0.1) is 25.9 Å². The minimum atomic E-state index is -3.72. The summed E-state index contributed by atoms with van der Waals surface area (Å²) in [6.45, 7) is 3.78. The van der Waals surface area contributed by atoms with E-state index in [-0.39, 0.29) is 20.6 Å². The van der Waals surface area contributed by atoms with Gasteiger partial charge in [-0.25, -0.2) is 50.7 Å². The molecule has 0 unspecified atom stereocenters. The molecule has 0 saturated heterocycles. The van der Waals surface area contributed by atoms with Crippen LogP contribution in [0.25, 0.3) is 33.1 Å². The molecule has 2 N–H and O–H groups in total. The van der Waals surface area contributed by atoms with Crippen LogP contribution >= 0.6 is 90.7 Å². The largest absolute Gasteiger partial charge is 0.346 e. The van der Waals surface area contributed by atoms with Crippen LogP contribution in [0.1, 0.15) is 11.1 Å². The van der Waals surface area contributed by atoms with E-state index in [1.807, 2.05) is 48.7 Å². The maximum Gasteiger partial charge on any atom is 0.269 e. The second-order valence-corrected chi connectivity index (χ2v) is 18.4. The molecule has 0 aliphatic carbocycles. The van der Waals surface area contributed by atoms with Crippen LogP contribution in [-0.4, -0.2) is 60.7 Å². The Morgan fingerprint density at radius 3 is 1.72 bits per heavy atom. The summed E-state index contributed by atoms with van der Waals surface area (Å²) in [5, 5.41) is 3.53. The zero-order chi connectivity index (χ0) is 38.5. The molecule has 8 rings (SSSR count). The SMILES string of the molecule is Cc1ccc(S(=O)(=O)Cl)cc1.Cc1ccc(S(=O)(=O)n2cc(I)c3c(Cl)ncnc32)cc1.Clc1ncnc2[nH]cc(I)c12.Clc1ncnc2[nH]ccc12. The Bertz CT molecular complexity index is 2760. The van der Waals surface area contributed by atoms with E-state index in [0.29, 0.717) is 19.3 Å². The van der Waals surface area contributed by atoms with Gasteiger partial charge in [0.2, 0.25) is 0 Å². The quantitative estimate of drug-likeness (QED) is 0.0985. The third-order valence-electron chi connectivity index (χ3n) is 7.02. The summed E-state index contributed by atoms with van der Waals surface area (Å²) in [6, 6.07) is 14.9. The van der Waals surface area contributed by atoms with Gasteiger partial charge in [-0.3, -0.25) is 0 Å². The molecule has 0 spiro atoms. The Morgan fingerprint density at radius 2 is 1.15 bits per heavy atom. The standard InChI is InChI=1S/C13H9ClIN3O2S.C7H7ClO2S.C6H3ClIN3.C6H4ClN3/c1-8-2-4-9(5-3-8)21(19,20)18-6-10(15)11-12(14)16-7-17-13(11)18;1-6-2-4-7(5-3-6)11(8,9)10;7-5-4-3(8)1-9-6(4)11-2-10-5;7-5-4-1-2-8-6(4)10-3-9-5/h2-7H,1H3;2-5H,1H3;1-2H,(H,9,10,11);1-3H,(H,8,9,10). The second-order valence-electron chi connectivity index (χ2n) is 10.6. The van der Waals surface area contributed by atoms with Gasteiger partial charge in [-0.05, 0) is 89.4 Å². The lowest BCUT2D eigenvalue weighted by Crippen LogP contribution is -2.12. The smallest absolute Gasteiger partial charge is 0.269 e. The van der Waals surface area contributed by atoms with Crippen molar-refractivity contribution in [2.75, 3.05) is 0 Å². The Kier molecular flexibility index (Phi) is 13.6. The molecule has 0 radical (unpaired) electrons. The van der Waals surface area contributed by atoms with Crippen LogP contribution in [0.4, 0.5) is 0 Å². The van der Waals surface area contributed by atoms with Crippen LogP contribution < -0.4 is 0 Å². The normalized spacial score (nSPS) is 11.3. The van der Waals surface area contributed by atoms with Gasteiger partial charge < -0.3 is 9.97 Å². The second kappa shape index (κ2) is 17.5. The third kappa shape index (κ3) is 9.93. The molecule has 21 heteroatoms. The summed E-state index contributed by atoms with van der Waals surface area (Å²) in [6.07, 6.45) is 9.26. The van der Waals surface area contributed by atoms with E-state index in [0.717, 1.165) is 40.7 Å². The molecule has 53 heavy (non-hydrogen) atoms. The van der Waals surface area contributed by atoms with Crippen molar-refractivity contribution in [1.82, 2.24) is 43.8 Å². The first-order chi connectivity index (χ1) is 25.1. The van der Waals surface area contributed by atoms with Gasteiger partial charge >= 0.3 is 0 Å². The number of aromatic amines is 2. The fraction of sp³-hybridized carbons (Fsp3) is 0.0625. The van der Waals surface area contributed by atoms with Crippen molar-refractivity contribution < 1.29 is 16.8 Å². The number of nitrogens with one attached hydrogen (secondary N) is 2. The molecule has 0 atom stereocenters. The highest BCUT2D eigenvalue weighted by Crippen LogP contribution is 2.29. The monoisotopic (exact) mass is 1050 g/mol. The molecular weight excluding hydrogens is 1030 g/mol. The maximum absolute atomic E-state index is 12.7. The van der Waals surface area contributed by atoms with Gasteiger partial charge in [-0.15, -0.1) is 0 Å². The van der Waals surface area contributed by atoms with Crippen LogP contribution in [0.3, 0.4) is 0 Å². The highest BCUT2D eigenvalue weighted by atomic mass is 127. The van der Waals surface area contributed by atoms with Gasteiger partial charge in [-0.1, -0.05) is 70.2 Å². The van der Waals surface area contributed by atoms with E-state index >= 15 is 0 Å². The number of rotatable bonds is 3. The zero-order valence-corrected chi connectivity index (χ0v) is 36.0. The van der Waals surface area contributed by atoms with Crippen molar-refractivity contribution in [3.05, 3.63) is 126 Å². The number of halogens is 6. The van der Waals surface area contributed by atoms with Crippen molar-refractivity contribution in [3.63, 3.8) is 0 Å². The number of aryl methyl sites for hydroxylation is 2. The summed E-state index contributed by atoms with van der Waals surface area (Å²) >= 11 is 21.8. The van der Waals surface area contributed by atoms with Crippen molar-refractivity contribution in [3.8, 4) is 0 Å². The summed E-state index contributed by atoms with van der Waals surface area (Å²) in [7, 11) is -2.18. The van der Waals surface area contributed by atoms with Crippen molar-refractivity contribution >= 4 is 143 Å². The topological polar surface area (TPSA) is 182 Å². The Hall–Kier alpha value is -3.18. The first-order valence-electron chi connectivity index (χ1n) is 14.6. The Labute approximate surface area is 349 Å². The van der Waals surface area contributed by atoms with Gasteiger partial charge in [0.15, 0.2) is 5.65 Å². The number of fused-ring (bicyclic) bond motifs is 3. The average molecular weight is 1060 g/mol. The van der Waals surface area contributed by atoms with E-state index in [4.69, 9.17) is 45.5 Å². The van der Waals surface area contributed by atoms with Gasteiger partial charge in [-0.2, -0.15) is 0 Å². The van der Waals surface area contributed by atoms with E-state index in [9.17, 15) is 16.8 Å². The molecular formula is C32H23Cl4I2N9O4S2. The average Bonchev–Trinajstić information content (AvgIpc) is 3.85. The van der Waals surface area contributed by atoms with Crippen molar-refractivity contribution in [2.24, 2.45) is 0 Å². The molecule has 6 aromatic heterocycles. The number of H-pyrrole nitrogens is 2. The molecule has 13 nitrogen and oxygen atoms in total. The lowest BCUT2D eigenvalue weighted by atomic mass is 10.2. The Morgan fingerprint density at radius 1 is 0.623 bits per heavy atom. The van der Waals surface area contributed by atoms with Crippen LogP contribution in [0.5, 0.6) is 0 Å². The summed E-state index contributed by atoms with van der Waals surface area (Å²) in [5.74, 6) is 0. The molecule has 2 aromatic carbocycles. The molecule has 274 valence electrons. The van der Waals surface area contributed by atoms with Gasteiger partial charge in [0.25, 0.3) is 19.1 Å². The fourth-order valence-corrected chi connectivity index (χ4v) is 9.09. The maximum atomic E-state index is 12.7. The molecule has 0 aliphatic rings. The number of hydrogen-bond acceptors (Lipinski definition) is 10. The van der Waals surface area contributed by atoms with Crippen LogP contribution in [0.15, 0.2) is 102 Å². The number of hydrogen-bond donors (Lipinski definition) is 2. The predicted molar refractivity (Wildman–Crippen MR) is 224 cm³/mol. The minimum Gasteiger partial charge on any atom is -0.346 e. The van der Waals surface area contributed by atoms with Crippen LogP contribution in [-0.2, 0) is 19.1 Å². The van der Waals surface area contributed by atoms with E-state index in [1.54, 1.807) is 42.6 Å². The van der Waals surface area contributed by atoms with Crippen LogP contribution in [0.2, 0.25) is 15.5 Å². The summed E-state index contributed by atoms with van der Waals surface area (Å²) < 4.78 is 49.8. The lowest BCUT2D eigenvalue weighted by molar-refractivity contribution is 0.588. The highest BCUT2D eigenvalue weighted by Gasteiger charge is 2.23. The molecule has 0 fully saturated rings. The van der Waals surface area contributed by atoms with Crippen molar-refractivity contribution in [1.29, 1.82) is 0 Å². The number of nitrogens with zero attached hydrogens (tertiary/aromatic N) is 7. The molecule has 8 aromatic rings. The van der Waals surface area contributed by atoms with E-state index < -0.39 is 19.1 Å². The van der Waals surface area contributed by atoms with E-state index in [2.05, 4.69) is 62.5 Å². The molecule has 0 amide bonds. The van der Waals surface area contributed by atoms with Gasteiger partial charge in [0.1, 0.15) is 45.7 Å². The first-order valence-corrected chi connectivity index (χ1v) is 21.7. The number of benzene rings is 2. The first kappa shape index (κ1) is 41.0. The van der Waals surface area contributed by atoms with E-state index in [1.165, 1.54) is 37.3 Å². The zero-order valence-electron chi connectivity index (χ0n) is 27.0. The predicted octanol–water partition coefficient (Wildman–Crippen LogP) is 8.98. The molecule has 6 heterocycles. The Balaban J connectivity index is 0.000000145.